The van der Waals surface area contributed by atoms with Gasteiger partial charge in [0.2, 0.25) is 11.8 Å². The summed E-state index contributed by atoms with van der Waals surface area (Å²) in [4.78, 5) is 26.6. The molecular weight excluding hydrogens is 329 g/mol. The summed E-state index contributed by atoms with van der Waals surface area (Å²) in [7, 11) is 0. The Balaban J connectivity index is 1.79. The lowest BCUT2D eigenvalue weighted by atomic mass is 9.77. The number of carbonyl (C=O) groups excluding carboxylic acids is 2. The highest BCUT2D eigenvalue weighted by atomic mass is 35.5. The molecule has 7 heteroatoms. The van der Waals surface area contributed by atoms with E-state index in [9.17, 15) is 14.7 Å². The molecule has 0 unspecified atom stereocenters. The molecule has 22 heavy (non-hydrogen) atoms. The summed E-state index contributed by atoms with van der Waals surface area (Å²) in [5, 5.41) is 10.3. The minimum absolute atomic E-state index is 0.230. The van der Waals surface area contributed by atoms with Gasteiger partial charge in [-0.1, -0.05) is 35.4 Å². The molecule has 0 aliphatic carbocycles. The number of carbonyl (C=O) groups is 2. The lowest BCUT2D eigenvalue weighted by molar-refractivity contribution is -0.128. The van der Waals surface area contributed by atoms with Gasteiger partial charge in [-0.15, -0.1) is 0 Å². The van der Waals surface area contributed by atoms with Crippen LogP contribution in [0, 0.1) is 11.8 Å². The Kier molecular flexibility index (Phi) is 2.94. The van der Waals surface area contributed by atoms with E-state index < -0.39 is 29.4 Å². The number of amides is 2. The van der Waals surface area contributed by atoms with Crippen molar-refractivity contribution in [2.45, 2.75) is 11.7 Å². The fourth-order valence-electron chi connectivity index (χ4n) is 3.58. The van der Waals surface area contributed by atoms with Gasteiger partial charge in [-0.25, -0.2) is 4.90 Å². The maximum Gasteiger partial charge on any atom is 0.241 e. The number of benzene rings is 1. The van der Waals surface area contributed by atoms with E-state index in [1.165, 1.54) is 6.07 Å². The molecule has 0 aromatic heterocycles. The molecule has 2 fully saturated rings. The molecule has 3 aliphatic rings. The van der Waals surface area contributed by atoms with Crippen molar-refractivity contribution in [2.24, 2.45) is 11.8 Å². The Labute approximate surface area is 136 Å². The van der Waals surface area contributed by atoms with E-state index in [4.69, 9.17) is 27.9 Å². The number of ether oxygens (including phenoxy) is 1. The van der Waals surface area contributed by atoms with Crippen molar-refractivity contribution in [1.82, 2.24) is 0 Å². The smallest absolute Gasteiger partial charge is 0.241 e. The van der Waals surface area contributed by atoms with Gasteiger partial charge in [-0.05, 0) is 18.2 Å². The van der Waals surface area contributed by atoms with Crippen LogP contribution in [0.15, 0.2) is 30.4 Å². The third-order valence-corrected chi connectivity index (χ3v) is 5.09. The van der Waals surface area contributed by atoms with Gasteiger partial charge in [-0.2, -0.15) is 0 Å². The summed E-state index contributed by atoms with van der Waals surface area (Å²) >= 11 is 12.0. The molecule has 0 saturated carbocycles. The molecule has 1 aromatic carbocycles. The van der Waals surface area contributed by atoms with Gasteiger partial charge in [0.25, 0.3) is 0 Å². The van der Waals surface area contributed by atoms with Crippen LogP contribution in [0.4, 0.5) is 5.69 Å². The van der Waals surface area contributed by atoms with Crippen molar-refractivity contribution in [1.29, 1.82) is 0 Å². The van der Waals surface area contributed by atoms with Crippen molar-refractivity contribution < 1.29 is 19.4 Å². The monoisotopic (exact) mass is 339 g/mol. The summed E-state index contributed by atoms with van der Waals surface area (Å²) in [5.74, 6) is -2.09. The second-order valence-electron chi connectivity index (χ2n) is 5.67. The normalized spacial score (nSPS) is 35.6. The Hall–Kier alpha value is -1.40. The van der Waals surface area contributed by atoms with Crippen LogP contribution in [-0.4, -0.2) is 35.2 Å². The van der Waals surface area contributed by atoms with E-state index in [1.54, 1.807) is 24.3 Å². The number of nitrogens with zero attached hydrogens (tertiary/aromatic N) is 1. The number of anilines is 1. The Morgan fingerprint density at radius 3 is 2.73 bits per heavy atom. The maximum absolute atomic E-state index is 12.8. The first kappa shape index (κ1) is 14.2. The van der Waals surface area contributed by atoms with Gasteiger partial charge in [0.05, 0.1) is 35.3 Å². The number of hydrogen-bond donors (Lipinski definition) is 1. The van der Waals surface area contributed by atoms with Crippen molar-refractivity contribution in [2.75, 3.05) is 11.5 Å². The largest absolute Gasteiger partial charge is 0.393 e. The summed E-state index contributed by atoms with van der Waals surface area (Å²) in [6.45, 7) is -0.345. The van der Waals surface area contributed by atoms with Gasteiger partial charge in [0.1, 0.15) is 5.60 Å². The first-order valence-electron chi connectivity index (χ1n) is 6.79. The van der Waals surface area contributed by atoms with Gasteiger partial charge in [0.15, 0.2) is 0 Å². The highest BCUT2D eigenvalue weighted by Gasteiger charge is 2.67. The minimum Gasteiger partial charge on any atom is -0.393 e. The summed E-state index contributed by atoms with van der Waals surface area (Å²) in [6, 6.07) is 4.60. The predicted octanol–water partition coefficient (Wildman–Crippen LogP) is 1.80. The summed E-state index contributed by atoms with van der Waals surface area (Å²) < 4.78 is 5.67. The molecular formula is C15H11Cl2NO4. The molecule has 2 amide bonds. The molecule has 1 aromatic rings. The third-order valence-electron chi connectivity index (χ3n) is 4.55. The van der Waals surface area contributed by atoms with E-state index in [1.807, 2.05) is 0 Å². The summed E-state index contributed by atoms with van der Waals surface area (Å²) in [5.41, 5.74) is -0.793. The summed E-state index contributed by atoms with van der Waals surface area (Å²) in [6.07, 6.45) is 2.93. The van der Waals surface area contributed by atoms with E-state index >= 15 is 0 Å². The van der Waals surface area contributed by atoms with Crippen LogP contribution in [-0.2, 0) is 14.3 Å². The SMILES string of the molecule is O=C1[C@H]2[C@@H](C(=O)N1c1ccc(Cl)cc1Cl)[C@@]1(CO)C=C[C@H]2O1. The molecule has 114 valence electrons. The zero-order valence-corrected chi connectivity index (χ0v) is 12.7. The van der Waals surface area contributed by atoms with Gasteiger partial charge < -0.3 is 9.84 Å². The number of aliphatic hydroxyl groups is 1. The quantitative estimate of drug-likeness (QED) is 0.659. The van der Waals surface area contributed by atoms with Gasteiger partial charge >= 0.3 is 0 Å². The lowest BCUT2D eigenvalue weighted by Gasteiger charge is -2.26. The van der Waals surface area contributed by atoms with Crippen LogP contribution in [0.2, 0.25) is 10.0 Å². The van der Waals surface area contributed by atoms with Crippen LogP contribution in [0.5, 0.6) is 0 Å². The predicted molar refractivity (Wildman–Crippen MR) is 79.8 cm³/mol. The van der Waals surface area contributed by atoms with Gasteiger partial charge in [0, 0.05) is 5.02 Å². The number of halogens is 2. The number of rotatable bonds is 2. The first-order valence-corrected chi connectivity index (χ1v) is 7.55. The Morgan fingerprint density at radius 2 is 2.05 bits per heavy atom. The topological polar surface area (TPSA) is 66.8 Å². The lowest BCUT2D eigenvalue weighted by Crippen LogP contribution is -2.43. The van der Waals surface area contributed by atoms with Gasteiger partial charge in [-0.3, -0.25) is 9.59 Å². The highest BCUT2D eigenvalue weighted by Crippen LogP contribution is 2.52. The molecule has 5 nitrogen and oxygen atoms in total. The third kappa shape index (κ3) is 1.62. The molecule has 3 aliphatic heterocycles. The minimum atomic E-state index is -1.10. The average Bonchev–Trinajstić information content (AvgIpc) is 3.12. The molecule has 4 atom stereocenters. The van der Waals surface area contributed by atoms with Crippen molar-refractivity contribution >= 4 is 40.7 Å². The maximum atomic E-state index is 12.8. The zero-order chi connectivity index (χ0) is 15.6. The number of aliphatic hydroxyl groups excluding tert-OH is 1. The Bertz CT molecular complexity index is 734. The molecule has 0 radical (unpaired) electrons. The standard InChI is InChI=1S/C15H11Cl2NO4/c16-7-1-2-9(8(17)5-7)18-13(20)11-10-3-4-15(6-19,22-10)12(11)14(18)21/h1-5,10-12,19H,6H2/t10-,11-,12+,15+/m1/s1. The number of imide groups is 1. The molecule has 4 rings (SSSR count). The fraction of sp³-hybridized carbons (Fsp3) is 0.333. The van der Waals surface area contributed by atoms with Crippen molar-refractivity contribution in [3.05, 3.63) is 40.4 Å². The first-order chi connectivity index (χ1) is 10.5. The van der Waals surface area contributed by atoms with Crippen molar-refractivity contribution in [3.63, 3.8) is 0 Å². The Morgan fingerprint density at radius 1 is 1.27 bits per heavy atom. The van der Waals surface area contributed by atoms with Crippen LogP contribution < -0.4 is 4.90 Å². The van der Waals surface area contributed by atoms with E-state index in [2.05, 4.69) is 0 Å². The molecule has 3 heterocycles. The van der Waals surface area contributed by atoms with Crippen LogP contribution in [0.3, 0.4) is 0 Å². The number of fused-ring (bicyclic) bond motifs is 5. The molecule has 2 bridgehead atoms. The molecule has 1 N–H and O–H groups in total. The average molecular weight is 340 g/mol. The van der Waals surface area contributed by atoms with E-state index in [-0.39, 0.29) is 17.5 Å². The van der Waals surface area contributed by atoms with E-state index in [0.29, 0.717) is 10.7 Å². The second-order valence-corrected chi connectivity index (χ2v) is 6.51. The van der Waals surface area contributed by atoms with E-state index in [0.717, 1.165) is 4.90 Å². The zero-order valence-electron chi connectivity index (χ0n) is 11.2. The molecule has 0 spiro atoms. The van der Waals surface area contributed by atoms with Crippen LogP contribution >= 0.6 is 23.2 Å². The number of hydrogen-bond acceptors (Lipinski definition) is 4. The second kappa shape index (κ2) is 4.55. The fourth-order valence-corrected chi connectivity index (χ4v) is 4.08. The van der Waals surface area contributed by atoms with Crippen LogP contribution in [0.1, 0.15) is 0 Å². The molecule has 2 saturated heterocycles. The van der Waals surface area contributed by atoms with Crippen LogP contribution in [0.25, 0.3) is 0 Å². The van der Waals surface area contributed by atoms with Crippen molar-refractivity contribution in [3.8, 4) is 0 Å². The highest BCUT2D eigenvalue weighted by molar-refractivity contribution is 6.38.